The lowest BCUT2D eigenvalue weighted by molar-refractivity contribution is -0.384. The largest absolute Gasteiger partial charge is 0.354 e. The number of hydrogen-bond donors (Lipinski definition) is 1. The molecule has 178 valence electrons. The van der Waals surface area contributed by atoms with Crippen LogP contribution in [-0.4, -0.2) is 81.9 Å². The third kappa shape index (κ3) is 6.73. The van der Waals surface area contributed by atoms with Gasteiger partial charge in [0.15, 0.2) is 0 Å². The third-order valence-electron chi connectivity index (χ3n) is 5.52. The average molecular weight is 476 g/mol. The Kier molecular flexibility index (Phi) is 8.37. The Morgan fingerprint density at radius 2 is 1.79 bits per heavy atom. The molecule has 0 radical (unpaired) electrons. The number of nitro groups is 1. The van der Waals surface area contributed by atoms with Crippen LogP contribution in [0.3, 0.4) is 0 Å². The van der Waals surface area contributed by atoms with Crippen molar-refractivity contribution in [2.75, 3.05) is 57.2 Å². The van der Waals surface area contributed by atoms with Crippen molar-refractivity contribution in [2.24, 2.45) is 0 Å². The number of non-ortho nitro benzene ring substituents is 1. The van der Waals surface area contributed by atoms with E-state index in [1.807, 2.05) is 0 Å². The molecule has 1 aliphatic rings. The molecule has 0 bridgehead atoms. The van der Waals surface area contributed by atoms with Gasteiger partial charge in [0, 0.05) is 44.9 Å². The van der Waals surface area contributed by atoms with E-state index in [-0.39, 0.29) is 16.3 Å². The fraction of sp³-hybridized carbons (Fsp3) is 0.409. The van der Waals surface area contributed by atoms with Gasteiger partial charge < -0.3 is 15.1 Å². The minimum Gasteiger partial charge on any atom is -0.354 e. The lowest BCUT2D eigenvalue weighted by Crippen LogP contribution is -2.45. The van der Waals surface area contributed by atoms with Crippen LogP contribution in [-0.2, 0) is 14.8 Å². The first kappa shape index (κ1) is 24.6. The Labute approximate surface area is 194 Å². The van der Waals surface area contributed by atoms with Crippen molar-refractivity contribution < 1.29 is 18.1 Å². The second kappa shape index (κ2) is 11.2. The minimum atomic E-state index is -4.11. The number of rotatable bonds is 10. The number of sulfonamides is 1. The highest BCUT2D eigenvalue weighted by Gasteiger charge is 2.28. The molecule has 1 fully saturated rings. The summed E-state index contributed by atoms with van der Waals surface area (Å²) in [5, 5.41) is 14.0. The van der Waals surface area contributed by atoms with E-state index in [9.17, 15) is 23.3 Å². The van der Waals surface area contributed by atoms with Crippen LogP contribution in [0.25, 0.3) is 0 Å². The predicted molar refractivity (Wildman–Crippen MR) is 126 cm³/mol. The molecule has 0 aromatic heterocycles. The molecule has 3 rings (SSSR count). The molecule has 0 aliphatic carbocycles. The molecule has 1 N–H and O–H groups in total. The number of carbonyl (C=O) groups is 1. The van der Waals surface area contributed by atoms with Gasteiger partial charge in [-0.15, -0.1) is 0 Å². The summed E-state index contributed by atoms with van der Waals surface area (Å²) < 4.78 is 27.5. The van der Waals surface area contributed by atoms with Gasteiger partial charge in [-0.1, -0.05) is 24.3 Å². The van der Waals surface area contributed by atoms with Gasteiger partial charge in [0.1, 0.15) is 6.54 Å². The Hall–Kier alpha value is -3.02. The van der Waals surface area contributed by atoms with Crippen molar-refractivity contribution in [1.29, 1.82) is 0 Å². The summed E-state index contributed by atoms with van der Waals surface area (Å²) in [6, 6.07) is 13.0. The van der Waals surface area contributed by atoms with Gasteiger partial charge in [-0.05, 0) is 38.2 Å². The van der Waals surface area contributed by atoms with Gasteiger partial charge >= 0.3 is 0 Å². The molecule has 11 heteroatoms. The molecule has 33 heavy (non-hydrogen) atoms. The Balaban J connectivity index is 1.68. The zero-order valence-electron chi connectivity index (χ0n) is 18.6. The number of piperazine rings is 1. The molecule has 10 nitrogen and oxygen atoms in total. The normalized spacial score (nSPS) is 15.2. The number of anilines is 1. The summed E-state index contributed by atoms with van der Waals surface area (Å²) in [6.45, 7) is 4.79. The fourth-order valence-corrected chi connectivity index (χ4v) is 5.02. The highest BCUT2D eigenvalue weighted by Crippen LogP contribution is 2.26. The summed E-state index contributed by atoms with van der Waals surface area (Å²) in [5.74, 6) is -0.473. The SMILES string of the molecule is CN1CCN(CCCNC(=O)CN(c2cccc([N+](=O)[O-])c2)S(=O)(=O)c2ccccc2)CC1. The molecule has 1 aliphatic heterocycles. The van der Waals surface area contributed by atoms with Crippen LogP contribution >= 0.6 is 0 Å². The van der Waals surface area contributed by atoms with E-state index in [4.69, 9.17) is 0 Å². The maximum Gasteiger partial charge on any atom is 0.271 e. The number of hydrogen-bond acceptors (Lipinski definition) is 7. The summed E-state index contributed by atoms with van der Waals surface area (Å²) in [5.41, 5.74) is -0.200. The zero-order chi connectivity index (χ0) is 23.8. The molecule has 2 aromatic rings. The van der Waals surface area contributed by atoms with Crippen LogP contribution < -0.4 is 9.62 Å². The van der Waals surface area contributed by atoms with Crippen LogP contribution in [0.2, 0.25) is 0 Å². The van der Waals surface area contributed by atoms with E-state index in [1.54, 1.807) is 18.2 Å². The summed E-state index contributed by atoms with van der Waals surface area (Å²) in [6.07, 6.45) is 0.748. The van der Waals surface area contributed by atoms with E-state index in [1.165, 1.54) is 30.3 Å². The van der Waals surface area contributed by atoms with E-state index >= 15 is 0 Å². The molecule has 0 saturated carbocycles. The van der Waals surface area contributed by atoms with Gasteiger partial charge in [0.05, 0.1) is 15.5 Å². The molecular weight excluding hydrogens is 446 g/mol. The molecule has 0 spiro atoms. The third-order valence-corrected chi connectivity index (χ3v) is 7.30. The van der Waals surface area contributed by atoms with E-state index in [0.717, 1.165) is 49.5 Å². The van der Waals surface area contributed by atoms with Gasteiger partial charge in [0.2, 0.25) is 5.91 Å². The highest BCUT2D eigenvalue weighted by atomic mass is 32.2. The Morgan fingerprint density at radius 3 is 2.45 bits per heavy atom. The minimum absolute atomic E-state index is 0.000581. The molecular formula is C22H29N5O5S. The summed E-state index contributed by atoms with van der Waals surface area (Å²) in [4.78, 5) is 27.8. The number of likely N-dealkylation sites (N-methyl/N-ethyl adjacent to an activating group) is 1. The quantitative estimate of drug-likeness (QED) is 0.315. The first-order chi connectivity index (χ1) is 15.8. The lowest BCUT2D eigenvalue weighted by atomic mass is 10.3. The number of nitro benzene ring substituents is 1. The number of amides is 1. The van der Waals surface area contributed by atoms with Crippen molar-refractivity contribution in [2.45, 2.75) is 11.3 Å². The fourth-order valence-electron chi connectivity index (χ4n) is 3.58. The maximum atomic E-state index is 13.3. The maximum absolute atomic E-state index is 13.3. The second-order valence-electron chi connectivity index (χ2n) is 7.95. The van der Waals surface area contributed by atoms with Crippen molar-refractivity contribution in [3.8, 4) is 0 Å². The Bertz CT molecular complexity index is 1060. The van der Waals surface area contributed by atoms with Crippen LogP contribution in [0.4, 0.5) is 11.4 Å². The first-order valence-corrected chi connectivity index (χ1v) is 12.2. The van der Waals surface area contributed by atoms with Gasteiger partial charge in [-0.2, -0.15) is 0 Å². The van der Waals surface area contributed by atoms with Crippen LogP contribution in [0, 0.1) is 10.1 Å². The zero-order valence-corrected chi connectivity index (χ0v) is 19.4. The molecule has 1 heterocycles. The second-order valence-corrected chi connectivity index (χ2v) is 9.81. The summed E-state index contributed by atoms with van der Waals surface area (Å²) >= 11 is 0. The van der Waals surface area contributed by atoms with Crippen LogP contribution in [0.15, 0.2) is 59.5 Å². The van der Waals surface area contributed by atoms with Gasteiger partial charge in [-0.25, -0.2) is 8.42 Å². The highest BCUT2D eigenvalue weighted by molar-refractivity contribution is 7.92. The van der Waals surface area contributed by atoms with E-state index in [2.05, 4.69) is 22.2 Å². The van der Waals surface area contributed by atoms with Crippen molar-refractivity contribution in [3.63, 3.8) is 0 Å². The van der Waals surface area contributed by atoms with Gasteiger partial charge in [-0.3, -0.25) is 19.2 Å². The van der Waals surface area contributed by atoms with E-state index in [0.29, 0.717) is 6.54 Å². The number of nitrogens with zero attached hydrogens (tertiary/aromatic N) is 4. The Morgan fingerprint density at radius 1 is 1.09 bits per heavy atom. The smallest absolute Gasteiger partial charge is 0.271 e. The van der Waals surface area contributed by atoms with Crippen molar-refractivity contribution in [1.82, 2.24) is 15.1 Å². The van der Waals surface area contributed by atoms with Crippen LogP contribution in [0.5, 0.6) is 0 Å². The number of carbonyl (C=O) groups excluding carboxylic acids is 1. The molecule has 1 amide bonds. The molecule has 1 saturated heterocycles. The van der Waals surface area contributed by atoms with Crippen LogP contribution in [0.1, 0.15) is 6.42 Å². The van der Waals surface area contributed by atoms with Gasteiger partial charge in [0.25, 0.3) is 15.7 Å². The lowest BCUT2D eigenvalue weighted by Gasteiger charge is -2.32. The monoisotopic (exact) mass is 475 g/mol. The summed E-state index contributed by atoms with van der Waals surface area (Å²) in [7, 11) is -2.02. The topological polar surface area (TPSA) is 116 Å². The van der Waals surface area contributed by atoms with Crippen molar-refractivity contribution >= 4 is 27.3 Å². The van der Waals surface area contributed by atoms with Crippen molar-refractivity contribution in [3.05, 3.63) is 64.7 Å². The number of nitrogens with one attached hydrogen (secondary N) is 1. The molecule has 0 atom stereocenters. The average Bonchev–Trinajstić information content (AvgIpc) is 2.82. The standard InChI is InChI=1S/C22H29N5O5S/c1-24-13-15-25(16-14-24)12-6-11-23-22(28)18-26(19-7-5-8-20(17-19)27(29)30)33(31,32)21-9-3-2-4-10-21/h2-5,7-10,17H,6,11-16,18H2,1H3,(H,23,28). The first-order valence-electron chi connectivity index (χ1n) is 10.8. The number of benzene rings is 2. The molecule has 2 aromatic carbocycles. The molecule has 0 unspecified atom stereocenters. The predicted octanol–water partition coefficient (Wildman–Crippen LogP) is 1.54. The van der Waals surface area contributed by atoms with E-state index < -0.39 is 27.4 Å².